The Hall–Kier alpha value is -1.94. The van der Waals surface area contributed by atoms with Gasteiger partial charge in [0.15, 0.2) is 0 Å². The molecular formula is C15H13FN2S. The molecule has 2 nitrogen and oxygen atoms in total. The summed E-state index contributed by atoms with van der Waals surface area (Å²) < 4.78 is 13.6. The Kier molecular flexibility index (Phi) is 3.42. The molecule has 0 unspecified atom stereocenters. The summed E-state index contributed by atoms with van der Waals surface area (Å²) in [6.07, 6.45) is 2.61. The highest BCUT2D eigenvalue weighted by atomic mass is 32.1. The fourth-order valence-corrected chi connectivity index (χ4v) is 2.78. The molecular weight excluding hydrogens is 259 g/mol. The first-order chi connectivity index (χ1) is 9.34. The molecule has 3 rings (SSSR count). The number of rotatable bonds is 4. The van der Waals surface area contributed by atoms with Crippen LogP contribution in [-0.2, 0) is 6.42 Å². The maximum atomic E-state index is 13.6. The van der Waals surface area contributed by atoms with Gasteiger partial charge in [-0.15, -0.1) is 11.3 Å². The minimum absolute atomic E-state index is 0.278. The summed E-state index contributed by atoms with van der Waals surface area (Å²) in [6, 6.07) is 11.1. The molecule has 0 aliphatic heterocycles. The van der Waals surface area contributed by atoms with E-state index < -0.39 is 0 Å². The molecule has 0 bridgehead atoms. The molecule has 2 heterocycles. The van der Waals surface area contributed by atoms with Crippen LogP contribution in [0.3, 0.4) is 0 Å². The monoisotopic (exact) mass is 272 g/mol. The number of fused-ring (bicyclic) bond motifs is 1. The Morgan fingerprint density at radius 1 is 1.16 bits per heavy atom. The van der Waals surface area contributed by atoms with Crippen molar-refractivity contribution in [3.63, 3.8) is 0 Å². The van der Waals surface area contributed by atoms with Crippen LogP contribution in [-0.4, -0.2) is 11.5 Å². The van der Waals surface area contributed by atoms with Crippen molar-refractivity contribution in [3.8, 4) is 0 Å². The Labute approximate surface area is 114 Å². The highest BCUT2D eigenvalue weighted by Gasteiger charge is 2.05. The summed E-state index contributed by atoms with van der Waals surface area (Å²) in [4.78, 5) is 5.43. The van der Waals surface area contributed by atoms with Gasteiger partial charge in [0.2, 0.25) is 0 Å². The number of benzene rings is 1. The minimum atomic E-state index is -0.278. The number of anilines is 1. The van der Waals surface area contributed by atoms with Gasteiger partial charge >= 0.3 is 0 Å². The third-order valence-corrected chi connectivity index (χ3v) is 3.92. The van der Waals surface area contributed by atoms with Crippen LogP contribution in [0.5, 0.6) is 0 Å². The summed E-state index contributed by atoms with van der Waals surface area (Å²) >= 11 is 1.75. The Bertz CT molecular complexity index is 680. The summed E-state index contributed by atoms with van der Waals surface area (Å²) in [5.74, 6) is -0.278. The molecule has 2 aromatic heterocycles. The van der Waals surface area contributed by atoms with Crippen LogP contribution < -0.4 is 5.32 Å². The lowest BCUT2D eigenvalue weighted by Gasteiger charge is -2.09. The fourth-order valence-electron chi connectivity index (χ4n) is 2.07. The van der Waals surface area contributed by atoms with Crippen molar-refractivity contribution < 1.29 is 4.39 Å². The van der Waals surface area contributed by atoms with E-state index in [-0.39, 0.29) is 5.82 Å². The second-order valence-electron chi connectivity index (χ2n) is 4.25. The van der Waals surface area contributed by atoms with E-state index in [2.05, 4.69) is 27.8 Å². The lowest BCUT2D eigenvalue weighted by Crippen LogP contribution is -2.04. The predicted octanol–water partition coefficient (Wildman–Crippen LogP) is 4.09. The molecule has 0 amide bonds. The quantitative estimate of drug-likeness (QED) is 0.773. The van der Waals surface area contributed by atoms with Gasteiger partial charge in [-0.05, 0) is 30.0 Å². The molecule has 1 aromatic carbocycles. The largest absolute Gasteiger partial charge is 0.384 e. The summed E-state index contributed by atoms with van der Waals surface area (Å²) in [7, 11) is 0. The Morgan fingerprint density at radius 3 is 2.95 bits per heavy atom. The van der Waals surface area contributed by atoms with Gasteiger partial charge in [0.05, 0.1) is 0 Å². The second-order valence-corrected chi connectivity index (χ2v) is 5.28. The highest BCUT2D eigenvalue weighted by Crippen LogP contribution is 2.23. The van der Waals surface area contributed by atoms with Gasteiger partial charge in [-0.25, -0.2) is 4.39 Å². The van der Waals surface area contributed by atoms with Crippen molar-refractivity contribution in [2.45, 2.75) is 6.42 Å². The van der Waals surface area contributed by atoms with Crippen molar-refractivity contribution in [2.75, 3.05) is 11.9 Å². The van der Waals surface area contributed by atoms with Crippen molar-refractivity contribution >= 4 is 27.9 Å². The standard InChI is InChI=1S/C15H13FN2S/c16-13-5-1-4-12-14(7-9-18-15(12)13)17-8-6-11-3-2-10-19-11/h1-5,7,9-10H,6,8H2,(H,17,18). The van der Waals surface area contributed by atoms with Crippen LogP contribution in [0.2, 0.25) is 0 Å². The number of pyridine rings is 1. The maximum absolute atomic E-state index is 13.6. The second kappa shape index (κ2) is 5.36. The molecule has 1 N–H and O–H groups in total. The lowest BCUT2D eigenvalue weighted by atomic mass is 10.2. The first-order valence-electron chi connectivity index (χ1n) is 6.14. The van der Waals surface area contributed by atoms with Gasteiger partial charge < -0.3 is 5.32 Å². The number of nitrogens with one attached hydrogen (secondary N) is 1. The Morgan fingerprint density at radius 2 is 2.11 bits per heavy atom. The van der Waals surface area contributed by atoms with E-state index in [9.17, 15) is 4.39 Å². The normalized spacial score (nSPS) is 10.8. The summed E-state index contributed by atoms with van der Waals surface area (Å²) in [5, 5.41) is 6.26. The van der Waals surface area contributed by atoms with Gasteiger partial charge in [-0.1, -0.05) is 18.2 Å². The summed E-state index contributed by atoms with van der Waals surface area (Å²) in [5.41, 5.74) is 1.35. The molecule has 0 spiro atoms. The van der Waals surface area contributed by atoms with Crippen molar-refractivity contribution in [2.24, 2.45) is 0 Å². The fraction of sp³-hybridized carbons (Fsp3) is 0.133. The molecule has 0 atom stereocenters. The SMILES string of the molecule is Fc1cccc2c(NCCc3cccs3)ccnc12. The van der Waals surface area contributed by atoms with E-state index in [1.807, 2.05) is 12.1 Å². The molecule has 0 saturated heterocycles. The zero-order valence-corrected chi connectivity index (χ0v) is 11.1. The van der Waals surface area contributed by atoms with Crippen LogP contribution in [0.4, 0.5) is 10.1 Å². The number of para-hydroxylation sites is 1. The average molecular weight is 272 g/mol. The zero-order valence-electron chi connectivity index (χ0n) is 10.3. The Balaban J connectivity index is 1.79. The zero-order chi connectivity index (χ0) is 13.1. The van der Waals surface area contributed by atoms with Crippen LogP contribution in [0, 0.1) is 5.82 Å². The first kappa shape index (κ1) is 12.1. The third-order valence-electron chi connectivity index (χ3n) is 2.99. The number of halogens is 1. The van der Waals surface area contributed by atoms with E-state index in [0.717, 1.165) is 24.0 Å². The summed E-state index contributed by atoms with van der Waals surface area (Å²) in [6.45, 7) is 0.830. The molecule has 19 heavy (non-hydrogen) atoms. The van der Waals surface area contributed by atoms with Gasteiger partial charge in [0, 0.05) is 28.7 Å². The van der Waals surface area contributed by atoms with Crippen molar-refractivity contribution in [1.82, 2.24) is 4.98 Å². The van der Waals surface area contributed by atoms with Gasteiger partial charge in [0.25, 0.3) is 0 Å². The first-order valence-corrected chi connectivity index (χ1v) is 7.02. The lowest BCUT2D eigenvalue weighted by molar-refractivity contribution is 0.637. The van der Waals surface area contributed by atoms with E-state index in [1.165, 1.54) is 10.9 Å². The molecule has 0 aliphatic rings. The van der Waals surface area contributed by atoms with Crippen LogP contribution >= 0.6 is 11.3 Å². The van der Waals surface area contributed by atoms with Crippen LogP contribution in [0.15, 0.2) is 48.0 Å². The average Bonchev–Trinajstić information content (AvgIpc) is 2.93. The number of hydrogen-bond donors (Lipinski definition) is 1. The third kappa shape index (κ3) is 2.58. The number of aromatic nitrogens is 1. The van der Waals surface area contributed by atoms with E-state index in [4.69, 9.17) is 0 Å². The van der Waals surface area contributed by atoms with Gasteiger partial charge in [0.1, 0.15) is 11.3 Å². The molecule has 0 fully saturated rings. The minimum Gasteiger partial charge on any atom is -0.384 e. The molecule has 0 aliphatic carbocycles. The van der Waals surface area contributed by atoms with E-state index in [1.54, 1.807) is 23.6 Å². The molecule has 4 heteroatoms. The number of hydrogen-bond acceptors (Lipinski definition) is 3. The van der Waals surface area contributed by atoms with E-state index >= 15 is 0 Å². The number of nitrogens with zero attached hydrogens (tertiary/aromatic N) is 1. The maximum Gasteiger partial charge on any atom is 0.149 e. The van der Waals surface area contributed by atoms with Crippen LogP contribution in [0.1, 0.15) is 4.88 Å². The highest BCUT2D eigenvalue weighted by molar-refractivity contribution is 7.09. The van der Waals surface area contributed by atoms with E-state index in [0.29, 0.717) is 5.52 Å². The molecule has 96 valence electrons. The molecule has 3 aromatic rings. The predicted molar refractivity (Wildman–Crippen MR) is 78.2 cm³/mol. The van der Waals surface area contributed by atoms with Crippen molar-refractivity contribution in [3.05, 3.63) is 58.7 Å². The molecule has 0 saturated carbocycles. The number of thiophene rings is 1. The smallest absolute Gasteiger partial charge is 0.149 e. The topological polar surface area (TPSA) is 24.9 Å². The van der Waals surface area contributed by atoms with Gasteiger partial charge in [-0.2, -0.15) is 0 Å². The molecule has 0 radical (unpaired) electrons. The van der Waals surface area contributed by atoms with Gasteiger partial charge in [-0.3, -0.25) is 4.98 Å². The van der Waals surface area contributed by atoms with Crippen molar-refractivity contribution in [1.29, 1.82) is 0 Å². The van der Waals surface area contributed by atoms with Crippen LogP contribution in [0.25, 0.3) is 10.9 Å².